The van der Waals surface area contributed by atoms with E-state index in [0.29, 0.717) is 35.7 Å². The number of hydrogen-bond donors (Lipinski definition) is 2. The molecule has 0 fully saturated rings. The lowest BCUT2D eigenvalue weighted by molar-refractivity contribution is -0.116. The first-order chi connectivity index (χ1) is 13.1. The molecule has 2 aromatic rings. The van der Waals surface area contributed by atoms with Crippen LogP contribution in [0.15, 0.2) is 55.1 Å². The summed E-state index contributed by atoms with van der Waals surface area (Å²) in [5, 5.41) is 5.52. The van der Waals surface area contributed by atoms with E-state index in [4.69, 9.17) is 9.47 Å². The summed E-state index contributed by atoms with van der Waals surface area (Å²) >= 11 is 0. The predicted octanol–water partition coefficient (Wildman–Crippen LogP) is 3.19. The SMILES string of the molecule is C=CCNC(=O)c1ccccc1NC(=O)CCc1cc(OC)cc(OC)c1. The van der Waals surface area contributed by atoms with Crippen LogP contribution in [0.5, 0.6) is 11.5 Å². The molecule has 0 unspecified atom stereocenters. The molecule has 2 N–H and O–H groups in total. The van der Waals surface area contributed by atoms with Crippen molar-refractivity contribution < 1.29 is 19.1 Å². The molecule has 0 aliphatic rings. The summed E-state index contributed by atoms with van der Waals surface area (Å²) in [4.78, 5) is 24.6. The third-order valence-corrected chi connectivity index (χ3v) is 3.90. The van der Waals surface area contributed by atoms with Gasteiger partial charge in [-0.15, -0.1) is 6.58 Å². The molecule has 2 amide bonds. The molecule has 0 aromatic heterocycles. The Kier molecular flexibility index (Phi) is 7.43. The van der Waals surface area contributed by atoms with Gasteiger partial charge < -0.3 is 20.1 Å². The van der Waals surface area contributed by atoms with E-state index in [1.165, 1.54) is 0 Å². The molecule has 27 heavy (non-hydrogen) atoms. The van der Waals surface area contributed by atoms with Crippen LogP contribution >= 0.6 is 0 Å². The molecular weight excluding hydrogens is 344 g/mol. The number of aryl methyl sites for hydroxylation is 1. The second-order valence-corrected chi connectivity index (χ2v) is 5.81. The van der Waals surface area contributed by atoms with Crippen LogP contribution in [-0.4, -0.2) is 32.6 Å². The Morgan fingerprint density at radius 2 is 1.74 bits per heavy atom. The average Bonchev–Trinajstić information content (AvgIpc) is 2.70. The van der Waals surface area contributed by atoms with Gasteiger partial charge in [-0.25, -0.2) is 0 Å². The van der Waals surface area contributed by atoms with E-state index in [1.807, 2.05) is 12.1 Å². The van der Waals surface area contributed by atoms with Crippen LogP contribution in [0, 0.1) is 0 Å². The quantitative estimate of drug-likeness (QED) is 0.667. The number of carbonyl (C=O) groups is 2. The maximum atomic E-state index is 12.4. The Morgan fingerprint density at radius 1 is 1.07 bits per heavy atom. The van der Waals surface area contributed by atoms with Crippen LogP contribution in [0.2, 0.25) is 0 Å². The fourth-order valence-electron chi connectivity index (χ4n) is 2.53. The first kappa shape index (κ1) is 20.0. The van der Waals surface area contributed by atoms with Crippen molar-refractivity contribution >= 4 is 17.5 Å². The van der Waals surface area contributed by atoms with Gasteiger partial charge in [0, 0.05) is 19.0 Å². The molecule has 0 aliphatic heterocycles. The van der Waals surface area contributed by atoms with Crippen LogP contribution in [-0.2, 0) is 11.2 Å². The second-order valence-electron chi connectivity index (χ2n) is 5.81. The highest BCUT2D eigenvalue weighted by atomic mass is 16.5. The normalized spacial score (nSPS) is 10.0. The summed E-state index contributed by atoms with van der Waals surface area (Å²) in [6.07, 6.45) is 2.38. The minimum Gasteiger partial charge on any atom is -0.497 e. The Morgan fingerprint density at radius 3 is 2.37 bits per heavy atom. The number of carbonyl (C=O) groups excluding carboxylic acids is 2. The highest BCUT2D eigenvalue weighted by Crippen LogP contribution is 2.23. The number of benzene rings is 2. The predicted molar refractivity (Wildman–Crippen MR) is 105 cm³/mol. The molecule has 142 valence electrons. The van der Waals surface area contributed by atoms with Crippen molar-refractivity contribution in [1.29, 1.82) is 0 Å². The van der Waals surface area contributed by atoms with Crippen LogP contribution in [0.1, 0.15) is 22.3 Å². The highest BCUT2D eigenvalue weighted by molar-refractivity contribution is 6.03. The number of rotatable bonds is 9. The fourth-order valence-corrected chi connectivity index (χ4v) is 2.53. The van der Waals surface area contributed by atoms with Gasteiger partial charge in [-0.05, 0) is 36.2 Å². The molecular formula is C21H24N2O4. The Bertz CT molecular complexity index is 795. The number of hydrogen-bond acceptors (Lipinski definition) is 4. The largest absolute Gasteiger partial charge is 0.497 e. The van der Waals surface area contributed by atoms with Crippen molar-refractivity contribution in [3.8, 4) is 11.5 Å². The molecule has 0 bridgehead atoms. The summed E-state index contributed by atoms with van der Waals surface area (Å²) < 4.78 is 10.5. The lowest BCUT2D eigenvalue weighted by atomic mass is 10.1. The fraction of sp³-hybridized carbons (Fsp3) is 0.238. The van der Waals surface area contributed by atoms with E-state index in [0.717, 1.165) is 5.56 Å². The van der Waals surface area contributed by atoms with E-state index in [9.17, 15) is 9.59 Å². The zero-order chi connectivity index (χ0) is 19.6. The van der Waals surface area contributed by atoms with Crippen molar-refractivity contribution in [3.05, 3.63) is 66.2 Å². The summed E-state index contributed by atoms with van der Waals surface area (Å²) in [7, 11) is 3.17. The maximum absolute atomic E-state index is 12.4. The van der Waals surface area contributed by atoms with E-state index in [-0.39, 0.29) is 18.2 Å². The minimum absolute atomic E-state index is 0.180. The number of amides is 2. The lowest BCUT2D eigenvalue weighted by Gasteiger charge is -2.11. The smallest absolute Gasteiger partial charge is 0.253 e. The van der Waals surface area contributed by atoms with Gasteiger partial charge in [0.25, 0.3) is 5.91 Å². The molecule has 0 heterocycles. The number of anilines is 1. The summed E-state index contributed by atoms with van der Waals surface area (Å²) in [5.74, 6) is 0.909. The second kappa shape index (κ2) is 10.0. The first-order valence-corrected chi connectivity index (χ1v) is 8.57. The first-order valence-electron chi connectivity index (χ1n) is 8.57. The summed E-state index contributed by atoms with van der Waals surface area (Å²) in [5.41, 5.74) is 1.82. The zero-order valence-corrected chi connectivity index (χ0v) is 15.6. The minimum atomic E-state index is -0.261. The zero-order valence-electron chi connectivity index (χ0n) is 15.6. The van der Waals surface area contributed by atoms with Crippen molar-refractivity contribution in [1.82, 2.24) is 5.32 Å². The van der Waals surface area contributed by atoms with Crippen LogP contribution in [0.25, 0.3) is 0 Å². The number of methoxy groups -OCH3 is 2. The molecule has 0 aliphatic carbocycles. The lowest BCUT2D eigenvalue weighted by Crippen LogP contribution is -2.25. The molecule has 2 aromatic carbocycles. The highest BCUT2D eigenvalue weighted by Gasteiger charge is 2.13. The van der Waals surface area contributed by atoms with Gasteiger partial charge in [0.1, 0.15) is 11.5 Å². The number of ether oxygens (including phenoxy) is 2. The third-order valence-electron chi connectivity index (χ3n) is 3.90. The number of para-hydroxylation sites is 1. The van der Waals surface area contributed by atoms with Gasteiger partial charge in [-0.1, -0.05) is 18.2 Å². The van der Waals surface area contributed by atoms with Crippen LogP contribution < -0.4 is 20.1 Å². The Labute approximate surface area is 159 Å². The summed E-state index contributed by atoms with van der Waals surface area (Å²) in [6, 6.07) is 12.4. The standard InChI is InChI=1S/C21H24N2O4/c1-4-11-22-21(25)18-7-5-6-8-19(18)23-20(24)10-9-15-12-16(26-2)14-17(13-15)27-3/h4-8,12-14H,1,9-11H2,2-3H3,(H,22,25)(H,23,24). The van der Waals surface area contributed by atoms with E-state index < -0.39 is 0 Å². The Hall–Kier alpha value is -3.28. The number of nitrogens with one attached hydrogen (secondary N) is 2. The van der Waals surface area contributed by atoms with Gasteiger partial charge in [-0.2, -0.15) is 0 Å². The maximum Gasteiger partial charge on any atom is 0.253 e. The van der Waals surface area contributed by atoms with Gasteiger partial charge in [0.15, 0.2) is 0 Å². The molecule has 6 nitrogen and oxygen atoms in total. The van der Waals surface area contributed by atoms with E-state index >= 15 is 0 Å². The third kappa shape index (κ3) is 5.88. The van der Waals surface area contributed by atoms with Gasteiger partial charge in [-0.3, -0.25) is 9.59 Å². The summed E-state index contributed by atoms with van der Waals surface area (Å²) in [6.45, 7) is 3.93. The Balaban J connectivity index is 2.02. The van der Waals surface area contributed by atoms with Crippen LogP contribution in [0.4, 0.5) is 5.69 Å². The average molecular weight is 368 g/mol. The monoisotopic (exact) mass is 368 g/mol. The van der Waals surface area contributed by atoms with Crippen molar-refractivity contribution in [2.24, 2.45) is 0 Å². The molecule has 6 heteroatoms. The van der Waals surface area contributed by atoms with Crippen molar-refractivity contribution in [3.63, 3.8) is 0 Å². The van der Waals surface area contributed by atoms with Gasteiger partial charge in [0.05, 0.1) is 25.5 Å². The molecule has 0 radical (unpaired) electrons. The van der Waals surface area contributed by atoms with Crippen molar-refractivity contribution in [2.75, 3.05) is 26.1 Å². The molecule has 0 spiro atoms. The molecule has 0 atom stereocenters. The van der Waals surface area contributed by atoms with Crippen LogP contribution in [0.3, 0.4) is 0 Å². The van der Waals surface area contributed by atoms with Gasteiger partial charge in [0.2, 0.25) is 5.91 Å². The van der Waals surface area contributed by atoms with E-state index in [1.54, 1.807) is 50.6 Å². The van der Waals surface area contributed by atoms with Crippen molar-refractivity contribution in [2.45, 2.75) is 12.8 Å². The molecule has 0 saturated carbocycles. The molecule has 0 saturated heterocycles. The van der Waals surface area contributed by atoms with E-state index in [2.05, 4.69) is 17.2 Å². The topological polar surface area (TPSA) is 76.7 Å². The molecule has 2 rings (SSSR count). The van der Waals surface area contributed by atoms with Gasteiger partial charge >= 0.3 is 0 Å².